The van der Waals surface area contributed by atoms with Gasteiger partial charge < -0.3 is 14.4 Å². The number of carbonyl (C=O) groups is 2. The van der Waals surface area contributed by atoms with Crippen molar-refractivity contribution in [2.24, 2.45) is 0 Å². The van der Waals surface area contributed by atoms with Crippen molar-refractivity contribution >= 4 is 17.6 Å². The molecule has 0 unspecified atom stereocenters. The molecule has 0 radical (unpaired) electrons. The molecule has 2 aromatic rings. The zero-order valence-electron chi connectivity index (χ0n) is 28.7. The van der Waals surface area contributed by atoms with Crippen LogP contribution in [0.1, 0.15) is 138 Å². The van der Waals surface area contributed by atoms with Crippen LogP contribution < -0.4 is 9.64 Å². The lowest BCUT2D eigenvalue weighted by Gasteiger charge is -2.26. The van der Waals surface area contributed by atoms with Gasteiger partial charge >= 0.3 is 5.97 Å². The van der Waals surface area contributed by atoms with Gasteiger partial charge in [-0.2, -0.15) is 0 Å². The minimum atomic E-state index is -0.427. The molecule has 0 heterocycles. The van der Waals surface area contributed by atoms with E-state index in [1.807, 2.05) is 57.2 Å². The number of carbonyl (C=O) groups excluding carboxylic acids is 2. The molecule has 0 fully saturated rings. The van der Waals surface area contributed by atoms with Crippen LogP contribution in [0, 0.1) is 20.8 Å². The fourth-order valence-electron chi connectivity index (χ4n) is 6.06. The first-order valence-corrected chi connectivity index (χ1v) is 17.5. The summed E-state index contributed by atoms with van der Waals surface area (Å²) in [6, 6.07) is 12.1. The molecule has 0 N–H and O–H groups in total. The second kappa shape index (κ2) is 22.7. The van der Waals surface area contributed by atoms with Crippen LogP contribution in [0.15, 0.2) is 36.4 Å². The Morgan fingerprint density at radius 2 is 1.16 bits per heavy atom. The predicted octanol–water partition coefficient (Wildman–Crippen LogP) is 10.4. The fraction of sp³-hybridized carbons (Fsp3) is 0.641. The van der Waals surface area contributed by atoms with Gasteiger partial charge in [-0.1, -0.05) is 133 Å². The number of anilines is 1. The number of unbranched alkanes of at least 4 members (excludes halogenated alkanes) is 15. The molecule has 2 aromatic carbocycles. The maximum atomic E-state index is 13.3. The molecule has 0 saturated heterocycles. The number of rotatable bonds is 24. The van der Waals surface area contributed by atoms with Crippen molar-refractivity contribution in [1.82, 2.24) is 0 Å². The third-order valence-corrected chi connectivity index (χ3v) is 8.54. The van der Waals surface area contributed by atoms with Crippen molar-refractivity contribution in [1.29, 1.82) is 0 Å². The van der Waals surface area contributed by atoms with Crippen molar-refractivity contribution in [3.63, 3.8) is 0 Å². The van der Waals surface area contributed by atoms with Crippen LogP contribution >= 0.6 is 0 Å². The smallest absolute Gasteiger partial charge is 0.325 e. The Balaban J connectivity index is 1.59. The standard InChI is InChI=1S/C39H61NO4/c1-6-7-8-9-10-11-12-13-14-15-16-17-18-19-20-21-28-44-36-25-22-35(23-26-36)24-27-37(41)40(31-38(42)43-5)39-33(3)29-32(2)30-34(39)4/h22-23,25-26,29-30H,6-21,24,27-28,31H2,1-5H3. The minimum absolute atomic E-state index is 0.0886. The summed E-state index contributed by atoms with van der Waals surface area (Å²) in [6.07, 6.45) is 22.8. The SMILES string of the molecule is CCCCCCCCCCCCCCCCCCOc1ccc(CCC(=O)N(CC(=O)OC)c2c(C)cc(C)cc2C)cc1. The van der Waals surface area contributed by atoms with Gasteiger partial charge in [-0.15, -0.1) is 0 Å². The highest BCUT2D eigenvalue weighted by Gasteiger charge is 2.23. The Labute approximate surface area is 269 Å². The van der Waals surface area contributed by atoms with Crippen LogP contribution in [0.2, 0.25) is 0 Å². The van der Waals surface area contributed by atoms with Gasteiger partial charge in [-0.3, -0.25) is 9.59 Å². The van der Waals surface area contributed by atoms with Gasteiger partial charge in [0.1, 0.15) is 12.3 Å². The van der Waals surface area contributed by atoms with Crippen molar-refractivity contribution in [2.45, 2.75) is 143 Å². The number of hydrogen-bond donors (Lipinski definition) is 0. The van der Waals surface area contributed by atoms with E-state index in [1.165, 1.54) is 103 Å². The lowest BCUT2D eigenvalue weighted by Crippen LogP contribution is -2.37. The van der Waals surface area contributed by atoms with E-state index < -0.39 is 5.97 Å². The lowest BCUT2D eigenvalue weighted by atomic mass is 10.0. The average Bonchev–Trinajstić information content (AvgIpc) is 3.00. The normalized spacial score (nSPS) is 11.0. The number of amides is 1. The molecular weight excluding hydrogens is 546 g/mol. The molecule has 44 heavy (non-hydrogen) atoms. The molecular formula is C39H61NO4. The molecule has 0 bridgehead atoms. The van der Waals surface area contributed by atoms with Crippen molar-refractivity contribution in [3.8, 4) is 5.75 Å². The highest BCUT2D eigenvalue weighted by molar-refractivity contribution is 5.99. The molecule has 1 amide bonds. The summed E-state index contributed by atoms with van der Waals surface area (Å²) in [6.45, 7) is 8.92. The van der Waals surface area contributed by atoms with Crippen LogP contribution in [0.3, 0.4) is 0 Å². The summed E-state index contributed by atoms with van der Waals surface area (Å²) in [5.41, 5.74) is 4.95. The highest BCUT2D eigenvalue weighted by atomic mass is 16.5. The van der Waals surface area contributed by atoms with Gasteiger partial charge in [0.05, 0.1) is 19.4 Å². The number of esters is 1. The first kappa shape index (κ1) is 37.4. The summed E-state index contributed by atoms with van der Waals surface area (Å²) in [4.78, 5) is 27.0. The largest absolute Gasteiger partial charge is 0.494 e. The lowest BCUT2D eigenvalue weighted by molar-refractivity contribution is -0.140. The maximum absolute atomic E-state index is 13.3. The quantitative estimate of drug-likeness (QED) is 0.0880. The van der Waals surface area contributed by atoms with Crippen molar-refractivity contribution in [3.05, 3.63) is 58.7 Å². The summed E-state index contributed by atoms with van der Waals surface area (Å²) >= 11 is 0. The van der Waals surface area contributed by atoms with Crippen molar-refractivity contribution in [2.75, 3.05) is 25.2 Å². The Morgan fingerprint density at radius 3 is 1.64 bits per heavy atom. The Morgan fingerprint density at radius 1 is 0.682 bits per heavy atom. The number of methoxy groups -OCH3 is 1. The summed E-state index contributed by atoms with van der Waals surface area (Å²) < 4.78 is 10.8. The van der Waals surface area contributed by atoms with Crippen molar-refractivity contribution < 1.29 is 19.1 Å². The number of hydrogen-bond acceptors (Lipinski definition) is 4. The molecule has 0 aliphatic rings. The zero-order valence-corrected chi connectivity index (χ0v) is 28.7. The van der Waals surface area contributed by atoms with Gasteiger partial charge in [0.25, 0.3) is 0 Å². The number of aryl methyl sites for hydroxylation is 4. The molecule has 0 atom stereocenters. The number of ether oxygens (including phenoxy) is 2. The molecule has 0 saturated carbocycles. The molecule has 0 aliphatic carbocycles. The van der Waals surface area contributed by atoms with Gasteiger partial charge in [0, 0.05) is 6.42 Å². The van der Waals surface area contributed by atoms with Crippen LogP contribution in [0.5, 0.6) is 5.75 Å². The monoisotopic (exact) mass is 607 g/mol. The number of benzene rings is 2. The molecule has 0 aromatic heterocycles. The summed E-state index contributed by atoms with van der Waals surface area (Å²) in [5, 5.41) is 0. The van der Waals surface area contributed by atoms with Gasteiger partial charge in [0.15, 0.2) is 0 Å². The zero-order chi connectivity index (χ0) is 32.0. The predicted molar refractivity (Wildman–Crippen MR) is 185 cm³/mol. The maximum Gasteiger partial charge on any atom is 0.325 e. The highest BCUT2D eigenvalue weighted by Crippen LogP contribution is 2.27. The summed E-state index contributed by atoms with van der Waals surface area (Å²) in [7, 11) is 1.35. The second-order valence-corrected chi connectivity index (χ2v) is 12.6. The minimum Gasteiger partial charge on any atom is -0.494 e. The van der Waals surface area contributed by atoms with E-state index in [1.54, 1.807) is 4.90 Å². The van der Waals surface area contributed by atoms with E-state index in [2.05, 4.69) is 6.92 Å². The van der Waals surface area contributed by atoms with E-state index in [9.17, 15) is 9.59 Å². The molecule has 2 rings (SSSR count). The third kappa shape index (κ3) is 15.3. The van der Waals surface area contributed by atoms with E-state index in [0.717, 1.165) is 46.7 Å². The van der Waals surface area contributed by atoms with Crippen LogP contribution in [0.25, 0.3) is 0 Å². The summed E-state index contributed by atoms with van der Waals surface area (Å²) in [5.74, 6) is 0.358. The molecule has 0 aliphatic heterocycles. The topological polar surface area (TPSA) is 55.8 Å². The Kier molecular flexibility index (Phi) is 19.2. The first-order chi connectivity index (χ1) is 21.3. The molecule has 0 spiro atoms. The van der Waals surface area contributed by atoms with E-state index >= 15 is 0 Å². The van der Waals surface area contributed by atoms with E-state index in [-0.39, 0.29) is 12.5 Å². The van der Waals surface area contributed by atoms with Crippen LogP contribution in [-0.2, 0) is 20.7 Å². The second-order valence-electron chi connectivity index (χ2n) is 12.6. The Bertz CT molecular complexity index is 1060. The average molecular weight is 608 g/mol. The van der Waals surface area contributed by atoms with E-state index in [0.29, 0.717) is 12.8 Å². The molecule has 5 nitrogen and oxygen atoms in total. The Hall–Kier alpha value is -2.82. The van der Waals surface area contributed by atoms with Gasteiger partial charge in [0.2, 0.25) is 5.91 Å². The first-order valence-electron chi connectivity index (χ1n) is 17.5. The third-order valence-electron chi connectivity index (χ3n) is 8.54. The van der Waals surface area contributed by atoms with Crippen LogP contribution in [-0.4, -0.2) is 32.1 Å². The number of nitrogens with zero attached hydrogens (tertiary/aromatic N) is 1. The van der Waals surface area contributed by atoms with Gasteiger partial charge in [-0.25, -0.2) is 0 Å². The van der Waals surface area contributed by atoms with E-state index in [4.69, 9.17) is 9.47 Å². The fourth-order valence-corrected chi connectivity index (χ4v) is 6.06. The molecule has 246 valence electrons. The van der Waals surface area contributed by atoms with Crippen LogP contribution in [0.4, 0.5) is 5.69 Å². The molecule has 5 heteroatoms. The van der Waals surface area contributed by atoms with Gasteiger partial charge in [-0.05, 0) is 62.4 Å².